The summed E-state index contributed by atoms with van der Waals surface area (Å²) in [6.45, 7) is 5.59. The highest BCUT2D eigenvalue weighted by Crippen LogP contribution is 2.38. The number of hydrogen-bond donors (Lipinski definition) is 0. The van der Waals surface area contributed by atoms with Crippen LogP contribution in [0.1, 0.15) is 90.9 Å². The number of alkyl halides is 1. The summed E-state index contributed by atoms with van der Waals surface area (Å²) in [5.74, 6) is 0.980. The number of halogens is 1. The van der Waals surface area contributed by atoms with Crippen LogP contribution in [0, 0.1) is 5.92 Å². The van der Waals surface area contributed by atoms with Crippen molar-refractivity contribution >= 4 is 22.6 Å². The van der Waals surface area contributed by atoms with Crippen molar-refractivity contribution in [3.05, 3.63) is 0 Å². The predicted octanol–water partition coefficient (Wildman–Crippen LogP) is 6.53. The molecule has 1 fully saturated rings. The third kappa shape index (κ3) is 7.11. The molecule has 0 aromatic rings. The van der Waals surface area contributed by atoms with Crippen LogP contribution >= 0.6 is 22.6 Å². The lowest BCUT2D eigenvalue weighted by Crippen LogP contribution is -2.39. The van der Waals surface area contributed by atoms with Crippen molar-refractivity contribution < 1.29 is 4.74 Å². The molecule has 0 aromatic heterocycles. The number of unbranched alkanes of at least 4 members (excludes halogenated alkanes) is 5. The Hall–Kier alpha value is 0.690. The van der Waals surface area contributed by atoms with E-state index in [9.17, 15) is 0 Å². The van der Waals surface area contributed by atoms with Crippen LogP contribution in [0.15, 0.2) is 0 Å². The molecule has 0 saturated heterocycles. The first-order valence-electron chi connectivity index (χ1n) is 8.96. The Morgan fingerprint density at radius 1 is 0.950 bits per heavy atom. The monoisotopic (exact) mass is 394 g/mol. The van der Waals surface area contributed by atoms with Gasteiger partial charge in [0.05, 0.1) is 5.60 Å². The standard InChI is InChI=1S/C18H35IO/c1-3-5-6-7-8-9-15-20-18(16-19)13-11-17(10-4-2)12-14-18/h17H,3-16H2,1-2H3. The maximum absolute atomic E-state index is 6.35. The minimum Gasteiger partial charge on any atom is -0.374 e. The normalized spacial score (nSPS) is 26.9. The molecule has 120 valence electrons. The summed E-state index contributed by atoms with van der Waals surface area (Å²) < 4.78 is 7.53. The van der Waals surface area contributed by atoms with E-state index in [1.807, 2.05) is 0 Å². The Labute approximate surface area is 140 Å². The van der Waals surface area contributed by atoms with Crippen LogP contribution in [0.3, 0.4) is 0 Å². The molecule has 1 aliphatic rings. The third-order valence-electron chi connectivity index (χ3n) is 4.86. The molecule has 1 nitrogen and oxygen atoms in total. The van der Waals surface area contributed by atoms with Gasteiger partial charge in [0, 0.05) is 11.0 Å². The Bertz CT molecular complexity index is 221. The average Bonchev–Trinajstić information content (AvgIpc) is 2.48. The SMILES string of the molecule is CCCCCCCCOC1(CI)CCC(CCC)CC1. The molecule has 20 heavy (non-hydrogen) atoms. The van der Waals surface area contributed by atoms with Crippen LogP contribution in [0.2, 0.25) is 0 Å². The van der Waals surface area contributed by atoms with Crippen molar-refractivity contribution in [1.82, 2.24) is 0 Å². The molecule has 0 aromatic carbocycles. The molecule has 0 radical (unpaired) electrons. The van der Waals surface area contributed by atoms with Crippen LogP contribution < -0.4 is 0 Å². The van der Waals surface area contributed by atoms with E-state index in [1.54, 1.807) is 0 Å². The zero-order chi connectivity index (χ0) is 14.7. The molecule has 1 saturated carbocycles. The van der Waals surface area contributed by atoms with Gasteiger partial charge in [0.25, 0.3) is 0 Å². The maximum Gasteiger partial charge on any atom is 0.0771 e. The molecule has 0 aliphatic heterocycles. The minimum atomic E-state index is 0.230. The van der Waals surface area contributed by atoms with Crippen molar-refractivity contribution in [1.29, 1.82) is 0 Å². The molecule has 1 aliphatic carbocycles. The van der Waals surface area contributed by atoms with Crippen LogP contribution in [-0.2, 0) is 4.74 Å². The Morgan fingerprint density at radius 3 is 2.20 bits per heavy atom. The maximum atomic E-state index is 6.35. The van der Waals surface area contributed by atoms with E-state index in [0.717, 1.165) is 12.5 Å². The van der Waals surface area contributed by atoms with Crippen molar-refractivity contribution in [3.63, 3.8) is 0 Å². The molecule has 0 unspecified atom stereocenters. The van der Waals surface area contributed by atoms with E-state index >= 15 is 0 Å². The van der Waals surface area contributed by atoms with Crippen LogP contribution in [0.25, 0.3) is 0 Å². The summed E-state index contributed by atoms with van der Waals surface area (Å²) >= 11 is 2.54. The van der Waals surface area contributed by atoms with Gasteiger partial charge in [-0.3, -0.25) is 0 Å². The molecule has 0 spiro atoms. The average molecular weight is 394 g/mol. The van der Waals surface area contributed by atoms with Gasteiger partial charge in [-0.2, -0.15) is 0 Å². The molecular weight excluding hydrogens is 359 g/mol. The lowest BCUT2D eigenvalue weighted by molar-refractivity contribution is -0.0605. The first kappa shape index (κ1) is 18.7. The topological polar surface area (TPSA) is 9.23 Å². The molecule has 0 heterocycles. The fourth-order valence-electron chi connectivity index (χ4n) is 3.39. The van der Waals surface area contributed by atoms with Gasteiger partial charge in [-0.25, -0.2) is 0 Å². The largest absolute Gasteiger partial charge is 0.374 e. The van der Waals surface area contributed by atoms with Crippen LogP contribution in [-0.4, -0.2) is 16.6 Å². The van der Waals surface area contributed by atoms with Crippen LogP contribution in [0.5, 0.6) is 0 Å². The van der Waals surface area contributed by atoms with E-state index in [0.29, 0.717) is 0 Å². The molecule has 0 amide bonds. The summed E-state index contributed by atoms with van der Waals surface area (Å²) in [7, 11) is 0. The molecule has 2 heteroatoms. The Morgan fingerprint density at radius 2 is 1.60 bits per heavy atom. The molecule has 0 bridgehead atoms. The quantitative estimate of drug-likeness (QED) is 0.220. The minimum absolute atomic E-state index is 0.230. The van der Waals surface area contributed by atoms with Crippen LogP contribution in [0.4, 0.5) is 0 Å². The van der Waals surface area contributed by atoms with E-state index in [4.69, 9.17) is 4.74 Å². The van der Waals surface area contributed by atoms with Crippen molar-refractivity contribution in [2.75, 3.05) is 11.0 Å². The van der Waals surface area contributed by atoms with E-state index in [2.05, 4.69) is 36.4 Å². The van der Waals surface area contributed by atoms with Crippen molar-refractivity contribution in [2.45, 2.75) is 96.5 Å². The molecular formula is C18H35IO. The van der Waals surface area contributed by atoms with Gasteiger partial charge in [-0.1, -0.05) is 81.4 Å². The summed E-state index contributed by atoms with van der Waals surface area (Å²) in [6, 6.07) is 0. The van der Waals surface area contributed by atoms with Gasteiger partial charge in [-0.05, 0) is 38.0 Å². The highest BCUT2D eigenvalue weighted by Gasteiger charge is 2.34. The predicted molar refractivity (Wildman–Crippen MR) is 97.8 cm³/mol. The van der Waals surface area contributed by atoms with Gasteiger partial charge in [0.15, 0.2) is 0 Å². The first-order chi connectivity index (χ1) is 9.76. The number of hydrogen-bond acceptors (Lipinski definition) is 1. The van der Waals surface area contributed by atoms with Crippen molar-refractivity contribution in [3.8, 4) is 0 Å². The summed E-state index contributed by atoms with van der Waals surface area (Å²) in [6.07, 6.45) is 16.3. The zero-order valence-corrected chi connectivity index (χ0v) is 15.9. The van der Waals surface area contributed by atoms with Gasteiger partial charge >= 0.3 is 0 Å². The fourth-order valence-corrected chi connectivity index (χ4v) is 4.37. The van der Waals surface area contributed by atoms with Gasteiger partial charge in [0.2, 0.25) is 0 Å². The first-order valence-corrected chi connectivity index (χ1v) is 10.5. The highest BCUT2D eigenvalue weighted by molar-refractivity contribution is 14.1. The van der Waals surface area contributed by atoms with E-state index < -0.39 is 0 Å². The molecule has 0 atom stereocenters. The smallest absolute Gasteiger partial charge is 0.0771 e. The van der Waals surface area contributed by atoms with E-state index in [1.165, 1.54) is 81.5 Å². The number of rotatable bonds is 11. The van der Waals surface area contributed by atoms with Gasteiger partial charge < -0.3 is 4.74 Å². The fraction of sp³-hybridized carbons (Fsp3) is 1.00. The molecule has 1 rings (SSSR count). The van der Waals surface area contributed by atoms with E-state index in [-0.39, 0.29) is 5.60 Å². The van der Waals surface area contributed by atoms with Gasteiger partial charge in [-0.15, -0.1) is 0 Å². The van der Waals surface area contributed by atoms with Gasteiger partial charge in [0.1, 0.15) is 0 Å². The summed E-state index contributed by atoms with van der Waals surface area (Å²) in [4.78, 5) is 0. The summed E-state index contributed by atoms with van der Waals surface area (Å²) in [5.41, 5.74) is 0.230. The lowest BCUT2D eigenvalue weighted by Gasteiger charge is -2.39. The Balaban J connectivity index is 2.13. The second kappa shape index (κ2) is 11.3. The third-order valence-corrected chi connectivity index (χ3v) is 6.25. The summed E-state index contributed by atoms with van der Waals surface area (Å²) in [5, 5.41) is 0. The second-order valence-corrected chi connectivity index (χ2v) is 7.43. The number of ether oxygens (including phenoxy) is 1. The molecule has 0 N–H and O–H groups in total. The second-order valence-electron chi connectivity index (χ2n) is 6.66. The zero-order valence-electron chi connectivity index (χ0n) is 13.8. The van der Waals surface area contributed by atoms with Crippen molar-refractivity contribution in [2.24, 2.45) is 5.92 Å². The lowest BCUT2D eigenvalue weighted by atomic mass is 9.78. The highest BCUT2D eigenvalue weighted by atomic mass is 127. The Kier molecular flexibility index (Phi) is 10.6.